The molecule has 1 saturated heterocycles. The molecule has 5 nitrogen and oxygen atoms in total. The van der Waals surface area contributed by atoms with E-state index < -0.39 is 41.8 Å². The number of thiophene rings is 1. The van der Waals surface area contributed by atoms with Crippen molar-refractivity contribution in [3.63, 3.8) is 0 Å². The topological polar surface area (TPSA) is 79.2 Å². The van der Waals surface area contributed by atoms with Gasteiger partial charge in [-0.25, -0.2) is 8.78 Å². The van der Waals surface area contributed by atoms with Crippen LogP contribution in [0.4, 0.5) is 8.78 Å². The highest BCUT2D eigenvalue weighted by molar-refractivity contribution is 7.15. The van der Waals surface area contributed by atoms with Crippen LogP contribution in [0.3, 0.4) is 0 Å². The van der Waals surface area contributed by atoms with Crippen LogP contribution in [-0.4, -0.2) is 39.7 Å². The maximum Gasteiger partial charge on any atom is 0.225 e. The second kappa shape index (κ2) is 8.23. The molecule has 0 radical (unpaired) electrons. The van der Waals surface area contributed by atoms with Gasteiger partial charge in [-0.05, 0) is 60.9 Å². The van der Waals surface area contributed by atoms with Gasteiger partial charge in [0.05, 0.1) is 12.7 Å². The van der Waals surface area contributed by atoms with E-state index in [0.29, 0.717) is 22.4 Å². The predicted molar refractivity (Wildman–Crippen MR) is 119 cm³/mol. The molecule has 3 aromatic rings. The average Bonchev–Trinajstić information content (AvgIpc) is 3.37. The summed E-state index contributed by atoms with van der Waals surface area (Å²) in [6, 6.07) is 11.2. The van der Waals surface area contributed by atoms with Gasteiger partial charge in [0, 0.05) is 33.4 Å². The molecule has 3 N–H and O–H groups in total. The van der Waals surface area contributed by atoms with E-state index in [1.54, 1.807) is 6.92 Å². The third-order valence-electron chi connectivity index (χ3n) is 6.51. The fourth-order valence-electron chi connectivity index (χ4n) is 4.65. The molecule has 1 fully saturated rings. The zero-order chi connectivity index (χ0) is 23.5. The molecular formula is C25H24F2O5S. The molecule has 0 unspecified atom stereocenters. The van der Waals surface area contributed by atoms with E-state index in [0.717, 1.165) is 27.6 Å². The summed E-state index contributed by atoms with van der Waals surface area (Å²) in [5.41, 5.74) is 3.83. The van der Waals surface area contributed by atoms with E-state index in [-0.39, 0.29) is 6.61 Å². The first kappa shape index (κ1) is 22.6. The highest BCUT2D eigenvalue weighted by atomic mass is 32.1. The molecule has 2 aromatic carbocycles. The fourth-order valence-corrected chi connectivity index (χ4v) is 5.71. The fraction of sp³-hybridized carbons (Fsp3) is 0.360. The van der Waals surface area contributed by atoms with Crippen LogP contribution in [0.5, 0.6) is 0 Å². The van der Waals surface area contributed by atoms with Gasteiger partial charge in [0.25, 0.3) is 0 Å². The Morgan fingerprint density at radius 1 is 1.06 bits per heavy atom. The normalized spacial score (nSPS) is 28.9. The van der Waals surface area contributed by atoms with Crippen molar-refractivity contribution in [1.82, 2.24) is 0 Å². The number of hydrogen-bond acceptors (Lipinski definition) is 6. The number of hydrogen-bond donors (Lipinski definition) is 3. The van der Waals surface area contributed by atoms with Crippen LogP contribution in [0.2, 0.25) is 0 Å². The quantitative estimate of drug-likeness (QED) is 0.539. The summed E-state index contributed by atoms with van der Waals surface area (Å²) in [6.45, 7) is 3.82. The zero-order valence-electron chi connectivity index (χ0n) is 18.1. The van der Waals surface area contributed by atoms with Crippen LogP contribution < -0.4 is 0 Å². The van der Waals surface area contributed by atoms with E-state index in [2.05, 4.69) is 0 Å². The zero-order valence-corrected chi connectivity index (χ0v) is 18.9. The number of aliphatic hydroxyl groups is 3. The first-order chi connectivity index (χ1) is 15.7. The number of benzene rings is 2. The minimum absolute atomic E-state index is 0.218. The second-order valence-corrected chi connectivity index (χ2v) is 9.88. The van der Waals surface area contributed by atoms with Gasteiger partial charge in [-0.15, -0.1) is 11.3 Å². The molecule has 2 aliphatic heterocycles. The van der Waals surface area contributed by atoms with E-state index in [9.17, 15) is 24.1 Å². The van der Waals surface area contributed by atoms with Crippen LogP contribution in [0.15, 0.2) is 42.5 Å². The monoisotopic (exact) mass is 474 g/mol. The van der Waals surface area contributed by atoms with Gasteiger partial charge in [0.1, 0.15) is 29.9 Å². The van der Waals surface area contributed by atoms with Crippen molar-refractivity contribution in [3.8, 4) is 10.4 Å². The summed E-state index contributed by atoms with van der Waals surface area (Å²) in [7, 11) is 0. The Morgan fingerprint density at radius 3 is 2.61 bits per heavy atom. The Balaban J connectivity index is 1.47. The van der Waals surface area contributed by atoms with Crippen molar-refractivity contribution in [1.29, 1.82) is 0 Å². The van der Waals surface area contributed by atoms with Crippen LogP contribution in [0, 0.1) is 18.6 Å². The maximum absolute atomic E-state index is 14.2. The molecule has 33 heavy (non-hydrogen) atoms. The van der Waals surface area contributed by atoms with Crippen LogP contribution >= 0.6 is 11.3 Å². The minimum atomic E-state index is -1.55. The number of aliphatic hydroxyl groups excluding tert-OH is 3. The highest BCUT2D eigenvalue weighted by Crippen LogP contribution is 2.46. The standard InChI is InChI=1S/C25H24F2O5S/c1-12-7-15-11-31-25(24(30)23(29)22(28)13(2)32-25)19(15)9-14(12)8-17-4-6-21(33-17)18-5-3-16(26)10-20(18)27/h3-7,9-10,13,22-24,28-30H,8,11H2,1-2H3/t13-,22-,23+,24-,25+/m1/s1. The van der Waals surface area contributed by atoms with Gasteiger partial charge in [0.2, 0.25) is 5.79 Å². The summed E-state index contributed by atoms with van der Waals surface area (Å²) in [5.74, 6) is -2.76. The minimum Gasteiger partial charge on any atom is -0.388 e. The molecule has 0 saturated carbocycles. The first-order valence-corrected chi connectivity index (χ1v) is 11.5. The lowest BCUT2D eigenvalue weighted by Gasteiger charge is -2.45. The number of rotatable bonds is 3. The molecule has 1 aromatic heterocycles. The number of ether oxygens (including phenoxy) is 2. The van der Waals surface area contributed by atoms with Crippen molar-refractivity contribution < 1.29 is 33.6 Å². The van der Waals surface area contributed by atoms with Gasteiger partial charge < -0.3 is 24.8 Å². The summed E-state index contributed by atoms with van der Waals surface area (Å²) in [5, 5.41) is 31.2. The first-order valence-electron chi connectivity index (χ1n) is 10.7. The van der Waals surface area contributed by atoms with Gasteiger partial charge in [-0.2, -0.15) is 0 Å². The Bertz CT molecular complexity index is 1210. The molecule has 3 heterocycles. The SMILES string of the molecule is Cc1cc2c(cc1Cc1ccc(-c3ccc(F)cc3F)s1)[C@]1(OC2)O[C@H](C)[C@@H](O)[C@H](O)[C@H]1O. The molecule has 0 bridgehead atoms. The Labute approximate surface area is 193 Å². The van der Waals surface area contributed by atoms with Crippen molar-refractivity contribution in [2.45, 2.75) is 57.1 Å². The molecule has 0 amide bonds. The van der Waals surface area contributed by atoms with E-state index in [1.165, 1.54) is 23.5 Å². The Hall–Kier alpha value is -2.20. The Morgan fingerprint density at radius 2 is 1.85 bits per heavy atom. The summed E-state index contributed by atoms with van der Waals surface area (Å²) >= 11 is 1.42. The number of halogens is 2. The third-order valence-corrected chi connectivity index (χ3v) is 7.63. The smallest absolute Gasteiger partial charge is 0.225 e. The molecule has 5 rings (SSSR count). The molecule has 8 heteroatoms. The number of aryl methyl sites for hydroxylation is 1. The summed E-state index contributed by atoms with van der Waals surface area (Å²) in [4.78, 5) is 1.69. The molecule has 2 aliphatic rings. The summed E-state index contributed by atoms with van der Waals surface area (Å²) < 4.78 is 39.3. The highest BCUT2D eigenvalue weighted by Gasteiger charge is 2.57. The van der Waals surface area contributed by atoms with E-state index >= 15 is 0 Å². The molecular weight excluding hydrogens is 450 g/mol. The van der Waals surface area contributed by atoms with Gasteiger partial charge in [0.15, 0.2) is 0 Å². The van der Waals surface area contributed by atoms with E-state index in [4.69, 9.17) is 9.47 Å². The second-order valence-electron chi connectivity index (χ2n) is 8.71. The van der Waals surface area contributed by atoms with Gasteiger partial charge >= 0.3 is 0 Å². The molecule has 1 spiro atoms. The van der Waals surface area contributed by atoms with Crippen LogP contribution in [-0.2, 0) is 28.3 Å². The maximum atomic E-state index is 14.2. The lowest BCUT2D eigenvalue weighted by atomic mass is 9.86. The van der Waals surface area contributed by atoms with Crippen molar-refractivity contribution in [3.05, 3.63) is 81.2 Å². The molecule has 0 aliphatic carbocycles. The van der Waals surface area contributed by atoms with Crippen LogP contribution in [0.25, 0.3) is 10.4 Å². The van der Waals surface area contributed by atoms with Crippen molar-refractivity contribution in [2.24, 2.45) is 0 Å². The summed E-state index contributed by atoms with van der Waals surface area (Å²) in [6.07, 6.45) is -4.26. The molecule has 5 atom stereocenters. The Kier molecular flexibility index (Phi) is 5.63. The lowest BCUT2D eigenvalue weighted by molar-refractivity contribution is -0.362. The average molecular weight is 475 g/mol. The largest absolute Gasteiger partial charge is 0.388 e. The lowest BCUT2D eigenvalue weighted by Crippen LogP contribution is -2.62. The van der Waals surface area contributed by atoms with Gasteiger partial charge in [-0.3, -0.25) is 0 Å². The van der Waals surface area contributed by atoms with Crippen molar-refractivity contribution >= 4 is 11.3 Å². The van der Waals surface area contributed by atoms with E-state index in [1.807, 2.05) is 31.2 Å². The van der Waals surface area contributed by atoms with Crippen molar-refractivity contribution in [2.75, 3.05) is 0 Å². The third kappa shape index (κ3) is 3.71. The van der Waals surface area contributed by atoms with Gasteiger partial charge in [-0.1, -0.05) is 6.07 Å². The molecule has 174 valence electrons. The number of fused-ring (bicyclic) bond motifs is 2. The predicted octanol–water partition coefficient (Wildman–Crippen LogP) is 3.78. The van der Waals surface area contributed by atoms with Crippen LogP contribution in [0.1, 0.15) is 34.1 Å².